The zero-order valence-corrected chi connectivity index (χ0v) is 20.8. The minimum atomic E-state index is -0.796. The number of amides is 1. The molecule has 0 bridgehead atoms. The van der Waals surface area contributed by atoms with Crippen molar-refractivity contribution in [3.05, 3.63) is 80.6 Å². The van der Waals surface area contributed by atoms with Gasteiger partial charge in [0.25, 0.3) is 11.5 Å². The third-order valence-corrected chi connectivity index (χ3v) is 7.19. The van der Waals surface area contributed by atoms with E-state index in [4.69, 9.17) is 12.2 Å². The Morgan fingerprint density at radius 3 is 2.65 bits per heavy atom. The van der Waals surface area contributed by atoms with Crippen LogP contribution in [0.25, 0.3) is 11.7 Å². The number of anilines is 1. The second kappa shape index (κ2) is 10.1. The molecular formula is C25H26N4O3S2. The number of hydrogen-bond donors (Lipinski definition) is 2. The first kappa shape index (κ1) is 24.1. The van der Waals surface area contributed by atoms with E-state index in [0.717, 1.165) is 17.5 Å². The first-order chi connectivity index (χ1) is 16.3. The van der Waals surface area contributed by atoms with E-state index < -0.39 is 6.10 Å². The van der Waals surface area contributed by atoms with E-state index in [2.05, 4.69) is 10.3 Å². The van der Waals surface area contributed by atoms with Crippen LogP contribution in [0.15, 0.2) is 58.4 Å². The molecule has 3 heterocycles. The van der Waals surface area contributed by atoms with Gasteiger partial charge in [0.1, 0.15) is 15.8 Å². The van der Waals surface area contributed by atoms with Gasteiger partial charge in [-0.2, -0.15) is 0 Å². The van der Waals surface area contributed by atoms with Crippen LogP contribution in [-0.2, 0) is 4.79 Å². The maximum atomic E-state index is 13.5. The minimum absolute atomic E-state index is 0.0320. The summed E-state index contributed by atoms with van der Waals surface area (Å²) >= 11 is 6.62. The molecule has 2 atom stereocenters. The predicted molar refractivity (Wildman–Crippen MR) is 141 cm³/mol. The van der Waals surface area contributed by atoms with Crippen molar-refractivity contribution in [3.8, 4) is 0 Å². The number of pyridine rings is 1. The molecule has 1 saturated heterocycles. The second-order valence-corrected chi connectivity index (χ2v) is 9.86. The van der Waals surface area contributed by atoms with Gasteiger partial charge in [0.2, 0.25) is 0 Å². The quantitative estimate of drug-likeness (QED) is 0.377. The summed E-state index contributed by atoms with van der Waals surface area (Å²) in [6.45, 7) is 5.96. The van der Waals surface area contributed by atoms with Crippen LogP contribution >= 0.6 is 24.0 Å². The topological polar surface area (TPSA) is 86.9 Å². The number of nitrogens with zero attached hydrogens (tertiary/aromatic N) is 3. The van der Waals surface area contributed by atoms with Crippen molar-refractivity contribution in [1.29, 1.82) is 0 Å². The maximum absolute atomic E-state index is 13.5. The van der Waals surface area contributed by atoms with Crippen LogP contribution in [0.5, 0.6) is 0 Å². The summed E-state index contributed by atoms with van der Waals surface area (Å²) in [7, 11) is 0. The van der Waals surface area contributed by atoms with E-state index in [1.54, 1.807) is 23.2 Å². The molecule has 0 unspecified atom stereocenters. The fourth-order valence-corrected chi connectivity index (χ4v) is 5.18. The number of rotatable bonds is 7. The third kappa shape index (κ3) is 4.64. The normalized spacial score (nSPS) is 16.9. The number of nitrogens with one attached hydrogen (secondary N) is 1. The lowest BCUT2D eigenvalue weighted by molar-refractivity contribution is -0.123. The van der Waals surface area contributed by atoms with Gasteiger partial charge in [-0.1, -0.05) is 67.3 Å². The number of carbonyl (C=O) groups excluding carboxylic acids is 1. The fourth-order valence-electron chi connectivity index (χ4n) is 3.74. The highest BCUT2D eigenvalue weighted by Gasteiger charge is 2.35. The van der Waals surface area contributed by atoms with Crippen LogP contribution in [0.4, 0.5) is 5.82 Å². The molecule has 2 N–H and O–H groups in total. The minimum Gasteiger partial charge on any atom is -0.387 e. The molecule has 0 saturated carbocycles. The van der Waals surface area contributed by atoms with Crippen molar-refractivity contribution in [1.82, 2.24) is 14.3 Å². The number of fused-ring (bicyclic) bond motifs is 1. The molecule has 1 aliphatic rings. The number of aromatic nitrogens is 2. The highest BCUT2D eigenvalue weighted by atomic mass is 32.2. The van der Waals surface area contributed by atoms with Crippen molar-refractivity contribution >= 4 is 51.7 Å². The number of thiocarbonyl (C=S) groups is 1. The average Bonchev–Trinajstić information content (AvgIpc) is 3.12. The Hall–Kier alpha value is -3.01. The largest absolute Gasteiger partial charge is 0.387 e. The molecule has 2 aromatic heterocycles. The van der Waals surface area contributed by atoms with E-state index in [1.807, 2.05) is 57.2 Å². The second-order valence-electron chi connectivity index (χ2n) is 8.18. The lowest BCUT2D eigenvalue weighted by atomic mass is 10.1. The lowest BCUT2D eigenvalue weighted by Crippen LogP contribution is -2.36. The molecule has 0 spiro atoms. The van der Waals surface area contributed by atoms with Crippen LogP contribution in [0, 0.1) is 6.92 Å². The zero-order chi connectivity index (χ0) is 24.4. The average molecular weight is 495 g/mol. The Morgan fingerprint density at radius 1 is 1.21 bits per heavy atom. The van der Waals surface area contributed by atoms with E-state index in [0.29, 0.717) is 20.7 Å². The first-order valence-corrected chi connectivity index (χ1v) is 12.3. The molecule has 3 aromatic rings. The number of hydrogen-bond acceptors (Lipinski definition) is 7. The Kier molecular flexibility index (Phi) is 7.16. The number of aliphatic hydroxyl groups excluding tert-OH is 1. The highest BCUT2D eigenvalue weighted by molar-refractivity contribution is 8.26. The summed E-state index contributed by atoms with van der Waals surface area (Å²) in [4.78, 5) is 33.2. The summed E-state index contributed by atoms with van der Waals surface area (Å²) in [5, 5.41) is 13.8. The number of carbonyl (C=O) groups is 1. The molecule has 176 valence electrons. The number of benzene rings is 1. The van der Waals surface area contributed by atoms with Crippen molar-refractivity contribution < 1.29 is 9.90 Å². The van der Waals surface area contributed by atoms with Gasteiger partial charge in [-0.25, -0.2) is 4.98 Å². The molecule has 1 aliphatic heterocycles. The van der Waals surface area contributed by atoms with Gasteiger partial charge in [0.05, 0.1) is 16.6 Å². The van der Waals surface area contributed by atoms with Crippen molar-refractivity contribution in [2.45, 2.75) is 39.3 Å². The number of aryl methyl sites for hydroxylation is 1. The molecule has 4 rings (SSSR count). The summed E-state index contributed by atoms with van der Waals surface area (Å²) in [5.74, 6) is 0.0939. The van der Waals surface area contributed by atoms with Gasteiger partial charge in [-0.3, -0.25) is 18.9 Å². The van der Waals surface area contributed by atoms with Gasteiger partial charge in [0.15, 0.2) is 0 Å². The van der Waals surface area contributed by atoms with Crippen LogP contribution in [0.2, 0.25) is 0 Å². The van der Waals surface area contributed by atoms with Crippen LogP contribution in [-0.4, -0.2) is 42.2 Å². The summed E-state index contributed by atoms with van der Waals surface area (Å²) in [5.41, 5.74) is 2.03. The summed E-state index contributed by atoms with van der Waals surface area (Å²) in [6.07, 6.45) is 3.18. The fraction of sp³-hybridized carbons (Fsp3) is 0.280. The van der Waals surface area contributed by atoms with Gasteiger partial charge >= 0.3 is 0 Å². The standard InChI is InChI=1S/C25H26N4O3S2/c1-4-16(3)29-24(32)20(34-25(29)33)13-18-21(26-14-19(30)17-10-6-5-7-11-17)27-22-15(2)9-8-12-28(22)23(18)31/h5-13,16,19,26,30H,4,14H2,1-3H3/b20-13-/t16-,19+/m1/s1. The first-order valence-electron chi connectivity index (χ1n) is 11.1. The molecule has 0 aliphatic carbocycles. The molecule has 1 amide bonds. The summed E-state index contributed by atoms with van der Waals surface area (Å²) in [6, 6.07) is 12.9. The Bertz CT molecular complexity index is 1340. The summed E-state index contributed by atoms with van der Waals surface area (Å²) < 4.78 is 1.94. The number of thioether (sulfide) groups is 1. The van der Waals surface area contributed by atoms with Crippen LogP contribution in [0.3, 0.4) is 0 Å². The van der Waals surface area contributed by atoms with E-state index >= 15 is 0 Å². The van der Waals surface area contributed by atoms with Crippen molar-refractivity contribution in [3.63, 3.8) is 0 Å². The van der Waals surface area contributed by atoms with Gasteiger partial charge < -0.3 is 10.4 Å². The van der Waals surface area contributed by atoms with Crippen molar-refractivity contribution in [2.24, 2.45) is 0 Å². The zero-order valence-electron chi connectivity index (χ0n) is 19.2. The monoisotopic (exact) mass is 494 g/mol. The van der Waals surface area contributed by atoms with Gasteiger partial charge in [0, 0.05) is 18.8 Å². The molecule has 1 aromatic carbocycles. The van der Waals surface area contributed by atoms with E-state index in [-0.39, 0.29) is 29.6 Å². The smallest absolute Gasteiger partial charge is 0.267 e. The SMILES string of the molecule is CC[C@@H](C)N1C(=O)/C(=C/c2c(NC[C@H](O)c3ccccc3)nc3c(C)cccn3c2=O)SC1=S. The molecule has 0 radical (unpaired) electrons. The van der Waals surface area contributed by atoms with Crippen LogP contribution < -0.4 is 10.9 Å². The van der Waals surface area contributed by atoms with Gasteiger partial charge in [-0.05, 0) is 43.5 Å². The third-order valence-electron chi connectivity index (χ3n) is 5.86. The molecule has 9 heteroatoms. The number of aliphatic hydroxyl groups is 1. The Labute approximate surface area is 207 Å². The lowest BCUT2D eigenvalue weighted by Gasteiger charge is -2.21. The van der Waals surface area contributed by atoms with E-state index in [9.17, 15) is 14.7 Å². The molecule has 7 nitrogen and oxygen atoms in total. The highest BCUT2D eigenvalue weighted by Crippen LogP contribution is 2.35. The van der Waals surface area contributed by atoms with Gasteiger partial charge in [-0.15, -0.1) is 0 Å². The van der Waals surface area contributed by atoms with Crippen LogP contribution in [0.1, 0.15) is 43.1 Å². The molecule has 34 heavy (non-hydrogen) atoms. The van der Waals surface area contributed by atoms with Crippen molar-refractivity contribution in [2.75, 3.05) is 11.9 Å². The Balaban J connectivity index is 1.77. The van der Waals surface area contributed by atoms with E-state index in [1.165, 1.54) is 16.2 Å². The Morgan fingerprint density at radius 2 is 1.94 bits per heavy atom. The maximum Gasteiger partial charge on any atom is 0.267 e. The predicted octanol–water partition coefficient (Wildman–Crippen LogP) is 4.15. The molecule has 1 fully saturated rings. The molecular weight excluding hydrogens is 468 g/mol.